The van der Waals surface area contributed by atoms with Crippen molar-refractivity contribution in [2.75, 3.05) is 4.90 Å². The minimum absolute atomic E-state index is 0.875. The van der Waals surface area contributed by atoms with Gasteiger partial charge >= 0.3 is 0 Å². The molecule has 0 N–H and O–H groups in total. The second-order valence-electron chi connectivity index (χ2n) is 12.2. The molecule has 8 aromatic carbocycles. The van der Waals surface area contributed by atoms with Gasteiger partial charge in [0.15, 0.2) is 0 Å². The predicted molar refractivity (Wildman–Crippen MR) is 202 cm³/mol. The fourth-order valence-electron chi connectivity index (χ4n) is 6.86. The van der Waals surface area contributed by atoms with Crippen molar-refractivity contribution in [3.63, 3.8) is 0 Å². The minimum atomic E-state index is 0.875. The molecule has 226 valence electrons. The number of hydrogen-bond acceptors (Lipinski definition) is 2. The minimum Gasteiger partial charge on any atom is -0.456 e. The van der Waals surface area contributed by atoms with Gasteiger partial charge in [0.2, 0.25) is 0 Å². The van der Waals surface area contributed by atoms with Crippen LogP contribution in [0.5, 0.6) is 0 Å². The molecule has 9 aromatic rings. The lowest BCUT2D eigenvalue weighted by atomic mass is 9.91. The number of anilines is 3. The molecule has 48 heavy (non-hydrogen) atoms. The molecule has 0 radical (unpaired) electrons. The molecule has 0 saturated heterocycles. The number of rotatable bonds is 6. The molecule has 0 saturated carbocycles. The zero-order valence-electron chi connectivity index (χ0n) is 26.3. The molecule has 1 aromatic heterocycles. The highest BCUT2D eigenvalue weighted by atomic mass is 16.3. The summed E-state index contributed by atoms with van der Waals surface area (Å²) in [7, 11) is 0. The van der Waals surface area contributed by atoms with E-state index in [9.17, 15) is 0 Å². The number of furan rings is 1. The molecule has 2 nitrogen and oxygen atoms in total. The Morgan fingerprint density at radius 2 is 0.771 bits per heavy atom. The van der Waals surface area contributed by atoms with Gasteiger partial charge in [-0.1, -0.05) is 127 Å². The Bertz CT molecular complexity index is 2530. The predicted octanol–water partition coefficient (Wildman–Crippen LogP) is 13.2. The number of benzene rings is 8. The molecule has 1 heterocycles. The molecule has 9 rings (SSSR count). The number of nitrogens with zero attached hydrogens (tertiary/aromatic N) is 1. The van der Waals surface area contributed by atoms with E-state index in [2.05, 4.69) is 181 Å². The molecule has 0 unspecified atom stereocenters. The molecular formula is C46H31NO. The van der Waals surface area contributed by atoms with Crippen LogP contribution in [0.4, 0.5) is 17.1 Å². The zero-order chi connectivity index (χ0) is 31.9. The van der Waals surface area contributed by atoms with E-state index in [0.29, 0.717) is 0 Å². The molecule has 0 aliphatic carbocycles. The van der Waals surface area contributed by atoms with Gasteiger partial charge in [0.05, 0.1) is 0 Å². The van der Waals surface area contributed by atoms with Gasteiger partial charge in [-0.15, -0.1) is 0 Å². The van der Waals surface area contributed by atoms with Gasteiger partial charge in [0.1, 0.15) is 11.2 Å². The maximum absolute atomic E-state index is 6.33. The van der Waals surface area contributed by atoms with Gasteiger partial charge in [-0.25, -0.2) is 0 Å². The van der Waals surface area contributed by atoms with E-state index in [-0.39, 0.29) is 0 Å². The molecule has 0 aliphatic heterocycles. The molecule has 0 atom stereocenters. The van der Waals surface area contributed by atoms with Crippen molar-refractivity contribution in [2.24, 2.45) is 0 Å². The molecule has 0 spiro atoms. The first-order valence-electron chi connectivity index (χ1n) is 16.3. The lowest BCUT2D eigenvalue weighted by molar-refractivity contribution is 0.669. The summed E-state index contributed by atoms with van der Waals surface area (Å²) in [5.41, 5.74) is 12.2. The Hall–Kier alpha value is -6.38. The lowest BCUT2D eigenvalue weighted by Gasteiger charge is -2.26. The first-order valence-corrected chi connectivity index (χ1v) is 16.3. The van der Waals surface area contributed by atoms with Crippen LogP contribution in [0, 0.1) is 0 Å². The number of hydrogen-bond donors (Lipinski definition) is 0. The largest absolute Gasteiger partial charge is 0.456 e. The van der Waals surface area contributed by atoms with E-state index < -0.39 is 0 Å². The van der Waals surface area contributed by atoms with Crippen LogP contribution >= 0.6 is 0 Å². The highest BCUT2D eigenvalue weighted by Crippen LogP contribution is 2.41. The SMILES string of the molecule is c1ccc(-c2ccc(N(c3ccc(-c4cc5ccccc5cc4-c4ccccc4)cc3)c3ccc4c(c3)oc3ccccc34)cc2)cc1. The summed E-state index contributed by atoms with van der Waals surface area (Å²) in [6, 6.07) is 67.0. The summed E-state index contributed by atoms with van der Waals surface area (Å²) in [6.07, 6.45) is 0. The van der Waals surface area contributed by atoms with Crippen LogP contribution in [0.25, 0.3) is 66.1 Å². The second kappa shape index (κ2) is 11.8. The average molecular weight is 614 g/mol. The Labute approximate surface area is 279 Å². The van der Waals surface area contributed by atoms with Crippen molar-refractivity contribution in [2.45, 2.75) is 0 Å². The fraction of sp³-hybridized carbons (Fsp3) is 0. The van der Waals surface area contributed by atoms with Crippen LogP contribution in [0.3, 0.4) is 0 Å². The van der Waals surface area contributed by atoms with Crippen molar-refractivity contribution in [1.82, 2.24) is 0 Å². The van der Waals surface area contributed by atoms with Crippen LogP contribution in [-0.4, -0.2) is 0 Å². The smallest absolute Gasteiger partial charge is 0.137 e. The molecule has 0 fully saturated rings. The molecule has 0 amide bonds. The highest BCUT2D eigenvalue weighted by molar-refractivity contribution is 6.06. The van der Waals surface area contributed by atoms with Crippen LogP contribution in [-0.2, 0) is 0 Å². The van der Waals surface area contributed by atoms with Crippen LogP contribution in [0.2, 0.25) is 0 Å². The van der Waals surface area contributed by atoms with E-state index in [4.69, 9.17) is 4.42 Å². The highest BCUT2D eigenvalue weighted by Gasteiger charge is 2.17. The summed E-state index contributed by atoms with van der Waals surface area (Å²) >= 11 is 0. The molecule has 0 bridgehead atoms. The Morgan fingerprint density at radius 1 is 0.312 bits per heavy atom. The normalized spacial score (nSPS) is 11.3. The fourth-order valence-corrected chi connectivity index (χ4v) is 6.86. The van der Waals surface area contributed by atoms with Crippen LogP contribution < -0.4 is 4.90 Å². The van der Waals surface area contributed by atoms with E-state index in [0.717, 1.165) is 39.0 Å². The van der Waals surface area contributed by atoms with Crippen molar-refractivity contribution in [1.29, 1.82) is 0 Å². The first-order chi connectivity index (χ1) is 23.8. The second-order valence-corrected chi connectivity index (χ2v) is 12.2. The summed E-state index contributed by atoms with van der Waals surface area (Å²) in [5.74, 6) is 0. The summed E-state index contributed by atoms with van der Waals surface area (Å²) in [6.45, 7) is 0. The average Bonchev–Trinajstić information content (AvgIpc) is 3.54. The van der Waals surface area contributed by atoms with Gasteiger partial charge in [0, 0.05) is 33.9 Å². The number of fused-ring (bicyclic) bond motifs is 4. The Kier molecular flexibility index (Phi) is 6.84. The van der Waals surface area contributed by atoms with Crippen molar-refractivity contribution >= 4 is 49.8 Å². The van der Waals surface area contributed by atoms with Crippen LogP contribution in [0.1, 0.15) is 0 Å². The van der Waals surface area contributed by atoms with E-state index in [1.54, 1.807) is 0 Å². The van der Waals surface area contributed by atoms with Crippen molar-refractivity contribution in [3.05, 3.63) is 188 Å². The van der Waals surface area contributed by atoms with Gasteiger partial charge in [-0.3, -0.25) is 0 Å². The third-order valence-corrected chi connectivity index (χ3v) is 9.26. The van der Waals surface area contributed by atoms with Crippen LogP contribution in [0.15, 0.2) is 192 Å². The lowest BCUT2D eigenvalue weighted by Crippen LogP contribution is -2.09. The van der Waals surface area contributed by atoms with E-state index in [1.165, 1.54) is 44.2 Å². The quantitative estimate of drug-likeness (QED) is 0.185. The first kappa shape index (κ1) is 27.9. The van der Waals surface area contributed by atoms with Gasteiger partial charge in [0.25, 0.3) is 0 Å². The standard InChI is InChI=1S/C46H31NO/c1-3-11-32(12-4-1)33-19-23-38(24-20-33)47(40-27-28-42-41-17-9-10-18-45(41)48-46(42)31-40)39-25-21-35(22-26-39)44-30-37-16-8-7-15-36(37)29-43(44)34-13-5-2-6-14-34/h1-31H. The van der Waals surface area contributed by atoms with E-state index in [1.807, 2.05) is 12.1 Å². The maximum Gasteiger partial charge on any atom is 0.137 e. The summed E-state index contributed by atoms with van der Waals surface area (Å²) in [4.78, 5) is 2.31. The van der Waals surface area contributed by atoms with Crippen molar-refractivity contribution < 1.29 is 4.42 Å². The van der Waals surface area contributed by atoms with Gasteiger partial charge in [-0.05, 0) is 98.8 Å². The van der Waals surface area contributed by atoms with Crippen molar-refractivity contribution in [3.8, 4) is 33.4 Å². The molecular weight excluding hydrogens is 583 g/mol. The Morgan fingerprint density at radius 3 is 1.42 bits per heavy atom. The third-order valence-electron chi connectivity index (χ3n) is 9.26. The number of para-hydroxylation sites is 1. The summed E-state index contributed by atoms with van der Waals surface area (Å²) < 4.78 is 6.33. The van der Waals surface area contributed by atoms with Gasteiger partial charge < -0.3 is 9.32 Å². The van der Waals surface area contributed by atoms with Gasteiger partial charge in [-0.2, -0.15) is 0 Å². The van der Waals surface area contributed by atoms with E-state index >= 15 is 0 Å². The Balaban J connectivity index is 1.17. The molecule has 2 heteroatoms. The third kappa shape index (κ3) is 5.01. The monoisotopic (exact) mass is 613 g/mol. The summed E-state index contributed by atoms with van der Waals surface area (Å²) in [5, 5.41) is 4.72. The topological polar surface area (TPSA) is 16.4 Å². The zero-order valence-corrected chi connectivity index (χ0v) is 26.3. The maximum atomic E-state index is 6.33. The molecule has 0 aliphatic rings.